The van der Waals surface area contributed by atoms with Crippen LogP contribution in [0.1, 0.15) is 33.1 Å². The van der Waals surface area contributed by atoms with Gasteiger partial charge in [-0.05, 0) is 12.8 Å². The van der Waals surface area contributed by atoms with Crippen LogP contribution in [0.4, 0.5) is 0 Å². The lowest BCUT2D eigenvalue weighted by molar-refractivity contribution is -0.128. The Hall–Kier alpha value is -0.790. The highest BCUT2D eigenvalue weighted by Crippen LogP contribution is 1.97. The number of hydrogen-bond acceptors (Lipinski definition) is 1. The summed E-state index contributed by atoms with van der Waals surface area (Å²) < 4.78 is 0. The van der Waals surface area contributed by atoms with Gasteiger partial charge in [-0.2, -0.15) is 0 Å². The summed E-state index contributed by atoms with van der Waals surface area (Å²) in [6.45, 7) is 7.58. The quantitative estimate of drug-likeness (QED) is 0.470. The highest BCUT2D eigenvalue weighted by atomic mass is 16.2. The van der Waals surface area contributed by atoms with Crippen molar-refractivity contribution in [2.24, 2.45) is 0 Å². The average molecular weight is 171 g/mol. The standard InChI is InChI=1S/C8H15NO.C2H6/c1-4-5-6-7-8(10)9(2)3;1-2/h4H,1,5-7H2,2-3H3;1-2H3. The maximum Gasteiger partial charge on any atom is 0.222 e. The van der Waals surface area contributed by atoms with E-state index in [1.165, 1.54) is 0 Å². The van der Waals surface area contributed by atoms with E-state index in [9.17, 15) is 4.79 Å². The first kappa shape index (κ1) is 13.8. The van der Waals surface area contributed by atoms with Gasteiger partial charge in [-0.15, -0.1) is 6.58 Å². The predicted molar refractivity (Wildman–Crippen MR) is 54.1 cm³/mol. The molecule has 0 N–H and O–H groups in total. The van der Waals surface area contributed by atoms with Gasteiger partial charge >= 0.3 is 0 Å². The Balaban J connectivity index is 0. The molecule has 12 heavy (non-hydrogen) atoms. The zero-order valence-corrected chi connectivity index (χ0v) is 8.76. The van der Waals surface area contributed by atoms with Gasteiger partial charge in [-0.3, -0.25) is 4.79 Å². The minimum atomic E-state index is 0.196. The number of allylic oxidation sites excluding steroid dienone is 1. The van der Waals surface area contributed by atoms with E-state index in [1.54, 1.807) is 19.0 Å². The van der Waals surface area contributed by atoms with Gasteiger partial charge in [-0.25, -0.2) is 0 Å². The van der Waals surface area contributed by atoms with E-state index in [2.05, 4.69) is 6.58 Å². The molecule has 2 nitrogen and oxygen atoms in total. The summed E-state index contributed by atoms with van der Waals surface area (Å²) in [5, 5.41) is 0. The number of nitrogens with zero attached hydrogens (tertiary/aromatic N) is 1. The molecule has 0 aromatic heterocycles. The average Bonchev–Trinajstić information content (AvgIpc) is 2.08. The van der Waals surface area contributed by atoms with E-state index in [1.807, 2.05) is 19.9 Å². The van der Waals surface area contributed by atoms with Crippen molar-refractivity contribution in [3.05, 3.63) is 12.7 Å². The van der Waals surface area contributed by atoms with E-state index in [-0.39, 0.29) is 5.91 Å². The second-order valence-electron chi connectivity index (χ2n) is 2.47. The summed E-state index contributed by atoms with van der Waals surface area (Å²) in [7, 11) is 3.55. The molecule has 0 unspecified atom stereocenters. The summed E-state index contributed by atoms with van der Waals surface area (Å²) in [4.78, 5) is 12.5. The van der Waals surface area contributed by atoms with Gasteiger partial charge in [0.2, 0.25) is 5.91 Å². The number of rotatable bonds is 4. The molecular weight excluding hydrogens is 150 g/mol. The van der Waals surface area contributed by atoms with Crippen molar-refractivity contribution in [1.82, 2.24) is 4.90 Å². The molecule has 0 fully saturated rings. The highest BCUT2D eigenvalue weighted by Gasteiger charge is 2.00. The van der Waals surface area contributed by atoms with Gasteiger partial charge < -0.3 is 4.90 Å². The maximum absolute atomic E-state index is 10.9. The molecule has 0 radical (unpaired) electrons. The SMILES string of the molecule is C=CCCCC(=O)N(C)C.CC. The number of carbonyl (C=O) groups is 1. The molecule has 0 aromatic carbocycles. The van der Waals surface area contributed by atoms with Crippen LogP contribution in [0, 0.1) is 0 Å². The Morgan fingerprint density at radius 1 is 1.42 bits per heavy atom. The molecule has 1 amide bonds. The van der Waals surface area contributed by atoms with Crippen molar-refractivity contribution in [2.45, 2.75) is 33.1 Å². The first-order chi connectivity index (χ1) is 5.68. The molecule has 0 aliphatic heterocycles. The smallest absolute Gasteiger partial charge is 0.222 e. The molecule has 0 atom stereocenters. The Morgan fingerprint density at radius 3 is 2.25 bits per heavy atom. The Labute approximate surface area is 76.3 Å². The van der Waals surface area contributed by atoms with E-state index in [0.717, 1.165) is 12.8 Å². The van der Waals surface area contributed by atoms with Crippen molar-refractivity contribution >= 4 is 5.91 Å². The number of unbranched alkanes of at least 4 members (excludes halogenated alkanes) is 1. The largest absolute Gasteiger partial charge is 0.349 e. The Bertz CT molecular complexity index is 119. The number of amides is 1. The third-order valence-corrected chi connectivity index (χ3v) is 1.30. The summed E-state index contributed by atoms with van der Waals surface area (Å²) in [6, 6.07) is 0. The molecule has 0 aliphatic rings. The topological polar surface area (TPSA) is 20.3 Å². The highest BCUT2D eigenvalue weighted by molar-refractivity contribution is 5.75. The lowest BCUT2D eigenvalue weighted by atomic mass is 10.2. The third-order valence-electron chi connectivity index (χ3n) is 1.30. The lowest BCUT2D eigenvalue weighted by Crippen LogP contribution is -2.20. The molecule has 0 aromatic rings. The minimum Gasteiger partial charge on any atom is -0.349 e. The predicted octanol–water partition coefficient (Wildman–Crippen LogP) is 2.46. The minimum absolute atomic E-state index is 0.196. The molecule has 0 aliphatic carbocycles. The normalized spacial score (nSPS) is 8.00. The molecular formula is C10H21NO. The van der Waals surface area contributed by atoms with E-state index < -0.39 is 0 Å². The second-order valence-corrected chi connectivity index (χ2v) is 2.47. The van der Waals surface area contributed by atoms with Gasteiger partial charge in [0, 0.05) is 20.5 Å². The fourth-order valence-electron chi connectivity index (χ4n) is 0.621. The van der Waals surface area contributed by atoms with Gasteiger partial charge in [0.05, 0.1) is 0 Å². The van der Waals surface area contributed by atoms with Crippen LogP contribution in [-0.2, 0) is 4.79 Å². The van der Waals surface area contributed by atoms with E-state index in [0.29, 0.717) is 6.42 Å². The van der Waals surface area contributed by atoms with Crippen LogP contribution in [-0.4, -0.2) is 24.9 Å². The van der Waals surface area contributed by atoms with Crippen LogP contribution in [0.3, 0.4) is 0 Å². The molecule has 0 heterocycles. The monoisotopic (exact) mass is 171 g/mol. The van der Waals surface area contributed by atoms with E-state index in [4.69, 9.17) is 0 Å². The van der Waals surface area contributed by atoms with Crippen LogP contribution < -0.4 is 0 Å². The van der Waals surface area contributed by atoms with Crippen LogP contribution in [0.5, 0.6) is 0 Å². The van der Waals surface area contributed by atoms with Crippen LogP contribution in [0.25, 0.3) is 0 Å². The Kier molecular flexibility index (Phi) is 11.7. The van der Waals surface area contributed by atoms with Gasteiger partial charge in [-0.1, -0.05) is 19.9 Å². The maximum atomic E-state index is 10.9. The molecule has 0 spiro atoms. The van der Waals surface area contributed by atoms with Crippen molar-refractivity contribution in [3.8, 4) is 0 Å². The first-order valence-corrected chi connectivity index (χ1v) is 4.49. The summed E-state index contributed by atoms with van der Waals surface area (Å²) >= 11 is 0. The third kappa shape index (κ3) is 9.21. The molecule has 0 saturated heterocycles. The summed E-state index contributed by atoms with van der Waals surface area (Å²) in [5.74, 6) is 0.196. The number of hydrogen-bond donors (Lipinski definition) is 0. The van der Waals surface area contributed by atoms with Crippen LogP contribution in [0.2, 0.25) is 0 Å². The van der Waals surface area contributed by atoms with E-state index >= 15 is 0 Å². The molecule has 2 heteroatoms. The van der Waals surface area contributed by atoms with Crippen molar-refractivity contribution < 1.29 is 4.79 Å². The van der Waals surface area contributed by atoms with Crippen LogP contribution >= 0.6 is 0 Å². The number of carbonyl (C=O) groups excluding carboxylic acids is 1. The second kappa shape index (κ2) is 10.2. The molecule has 0 bridgehead atoms. The molecule has 0 saturated carbocycles. The first-order valence-electron chi connectivity index (χ1n) is 4.49. The van der Waals surface area contributed by atoms with Gasteiger partial charge in [0.1, 0.15) is 0 Å². The van der Waals surface area contributed by atoms with Gasteiger partial charge in [0.25, 0.3) is 0 Å². The van der Waals surface area contributed by atoms with Crippen molar-refractivity contribution in [3.63, 3.8) is 0 Å². The summed E-state index contributed by atoms with van der Waals surface area (Å²) in [6.07, 6.45) is 4.32. The van der Waals surface area contributed by atoms with Crippen molar-refractivity contribution in [2.75, 3.05) is 14.1 Å². The zero-order chi connectivity index (χ0) is 9.98. The zero-order valence-electron chi connectivity index (χ0n) is 8.76. The fraction of sp³-hybridized carbons (Fsp3) is 0.700. The fourth-order valence-corrected chi connectivity index (χ4v) is 0.621. The lowest BCUT2D eigenvalue weighted by Gasteiger charge is -2.08. The van der Waals surface area contributed by atoms with Gasteiger partial charge in [0.15, 0.2) is 0 Å². The summed E-state index contributed by atoms with van der Waals surface area (Å²) in [5.41, 5.74) is 0. The van der Waals surface area contributed by atoms with Crippen LogP contribution in [0.15, 0.2) is 12.7 Å². The molecule has 0 rings (SSSR count). The molecule has 72 valence electrons. The Morgan fingerprint density at radius 2 is 1.92 bits per heavy atom. The van der Waals surface area contributed by atoms with Crippen molar-refractivity contribution in [1.29, 1.82) is 0 Å².